The van der Waals surface area contributed by atoms with Crippen LogP contribution in [0.1, 0.15) is 25.3 Å². The zero-order valence-corrected chi connectivity index (χ0v) is 16.2. The van der Waals surface area contributed by atoms with Crippen molar-refractivity contribution in [1.82, 2.24) is 14.7 Å². The van der Waals surface area contributed by atoms with Gasteiger partial charge in [0.15, 0.2) is 0 Å². The Kier molecular flexibility index (Phi) is 6.44. The number of nitrogens with one attached hydrogen (secondary N) is 1. The molecular weight excluding hydrogens is 347 g/mol. The fourth-order valence-corrected chi connectivity index (χ4v) is 3.65. The van der Waals surface area contributed by atoms with Gasteiger partial charge in [0, 0.05) is 45.0 Å². The predicted molar refractivity (Wildman–Crippen MR) is 103 cm³/mol. The first-order valence-corrected chi connectivity index (χ1v) is 9.75. The Labute approximate surface area is 160 Å². The van der Waals surface area contributed by atoms with E-state index in [1.165, 1.54) is 6.07 Å². The number of aryl methyl sites for hydroxylation is 1. The van der Waals surface area contributed by atoms with Crippen LogP contribution in [0.2, 0.25) is 0 Å². The summed E-state index contributed by atoms with van der Waals surface area (Å²) in [5.41, 5.74) is 1.03. The van der Waals surface area contributed by atoms with Crippen LogP contribution in [0.5, 0.6) is 0 Å². The number of benzene rings is 1. The molecule has 0 aliphatic carbocycles. The molecule has 27 heavy (non-hydrogen) atoms. The van der Waals surface area contributed by atoms with Crippen molar-refractivity contribution in [2.45, 2.75) is 32.7 Å². The predicted octanol–water partition coefficient (Wildman–Crippen LogP) is 1.70. The first-order chi connectivity index (χ1) is 12.9. The molecule has 2 aliphatic rings. The summed E-state index contributed by atoms with van der Waals surface area (Å²) in [7, 11) is 0. The van der Waals surface area contributed by atoms with Crippen LogP contribution in [0.15, 0.2) is 18.2 Å². The van der Waals surface area contributed by atoms with Gasteiger partial charge in [-0.1, -0.05) is 6.07 Å². The highest BCUT2D eigenvalue weighted by molar-refractivity contribution is 5.94. The lowest BCUT2D eigenvalue weighted by atomic mass is 10.2. The van der Waals surface area contributed by atoms with E-state index >= 15 is 0 Å². The van der Waals surface area contributed by atoms with Gasteiger partial charge in [0.2, 0.25) is 11.8 Å². The fraction of sp³-hybridized carbons (Fsp3) is 0.600. The topological polar surface area (TPSA) is 55.9 Å². The van der Waals surface area contributed by atoms with Gasteiger partial charge in [-0.3, -0.25) is 19.4 Å². The van der Waals surface area contributed by atoms with E-state index in [-0.39, 0.29) is 23.7 Å². The van der Waals surface area contributed by atoms with Gasteiger partial charge in [0.1, 0.15) is 5.82 Å². The Morgan fingerprint density at radius 3 is 2.41 bits per heavy atom. The lowest BCUT2D eigenvalue weighted by Gasteiger charge is -2.37. The molecule has 2 aliphatic heterocycles. The average molecular weight is 376 g/mol. The Morgan fingerprint density at radius 2 is 1.78 bits per heavy atom. The summed E-state index contributed by atoms with van der Waals surface area (Å²) in [5.74, 6) is -0.246. The number of carbonyl (C=O) groups is 2. The van der Waals surface area contributed by atoms with Crippen molar-refractivity contribution in [2.24, 2.45) is 0 Å². The summed E-state index contributed by atoms with van der Waals surface area (Å²) < 4.78 is 13.6. The average Bonchev–Trinajstić information content (AvgIpc) is 3.20. The lowest BCUT2D eigenvalue weighted by molar-refractivity contribution is -0.132. The minimum atomic E-state index is -0.322. The molecule has 2 fully saturated rings. The third-order valence-corrected chi connectivity index (χ3v) is 5.59. The number of halogens is 1. The number of amides is 2. The lowest BCUT2D eigenvalue weighted by Crippen LogP contribution is -2.54. The molecule has 2 heterocycles. The highest BCUT2D eigenvalue weighted by Crippen LogP contribution is 2.15. The number of hydrogen-bond acceptors (Lipinski definition) is 4. The minimum Gasteiger partial charge on any atom is -0.342 e. The molecule has 1 aromatic rings. The van der Waals surface area contributed by atoms with Crippen LogP contribution < -0.4 is 5.32 Å². The summed E-state index contributed by atoms with van der Waals surface area (Å²) in [6.07, 6.45) is 2.22. The molecule has 3 rings (SSSR count). The van der Waals surface area contributed by atoms with E-state index in [0.29, 0.717) is 17.8 Å². The van der Waals surface area contributed by atoms with Crippen LogP contribution in [0.25, 0.3) is 0 Å². The summed E-state index contributed by atoms with van der Waals surface area (Å²) in [5, 5.41) is 2.79. The second-order valence-electron chi connectivity index (χ2n) is 7.53. The maximum Gasteiger partial charge on any atom is 0.241 e. The van der Waals surface area contributed by atoms with Crippen molar-refractivity contribution in [1.29, 1.82) is 0 Å². The first kappa shape index (κ1) is 19.8. The molecule has 7 heteroatoms. The maximum absolute atomic E-state index is 13.6. The van der Waals surface area contributed by atoms with Crippen LogP contribution >= 0.6 is 0 Å². The van der Waals surface area contributed by atoms with Crippen LogP contribution in [-0.2, 0) is 9.59 Å². The third-order valence-electron chi connectivity index (χ3n) is 5.59. The van der Waals surface area contributed by atoms with Gasteiger partial charge in [-0.15, -0.1) is 0 Å². The molecule has 1 N–H and O–H groups in total. The Balaban J connectivity index is 1.45. The smallest absolute Gasteiger partial charge is 0.241 e. The van der Waals surface area contributed by atoms with Crippen LogP contribution in [0, 0.1) is 12.7 Å². The molecule has 0 unspecified atom stereocenters. The Hall–Kier alpha value is -1.99. The van der Waals surface area contributed by atoms with Crippen molar-refractivity contribution < 1.29 is 14.0 Å². The molecule has 0 saturated carbocycles. The number of piperazine rings is 1. The van der Waals surface area contributed by atoms with Gasteiger partial charge in [-0.25, -0.2) is 4.39 Å². The van der Waals surface area contributed by atoms with Gasteiger partial charge in [-0.2, -0.15) is 0 Å². The number of hydrogen-bond donors (Lipinski definition) is 1. The van der Waals surface area contributed by atoms with Crippen molar-refractivity contribution in [3.05, 3.63) is 29.6 Å². The van der Waals surface area contributed by atoms with E-state index in [1.54, 1.807) is 19.1 Å². The summed E-state index contributed by atoms with van der Waals surface area (Å²) >= 11 is 0. The largest absolute Gasteiger partial charge is 0.342 e. The fourth-order valence-electron chi connectivity index (χ4n) is 3.65. The molecule has 0 spiro atoms. The third kappa shape index (κ3) is 5.05. The Morgan fingerprint density at radius 1 is 1.11 bits per heavy atom. The normalized spacial score (nSPS) is 19.9. The van der Waals surface area contributed by atoms with Crippen LogP contribution in [-0.4, -0.2) is 78.4 Å². The monoisotopic (exact) mass is 376 g/mol. The van der Waals surface area contributed by atoms with Crippen LogP contribution in [0.3, 0.4) is 0 Å². The van der Waals surface area contributed by atoms with E-state index in [9.17, 15) is 14.0 Å². The van der Waals surface area contributed by atoms with Crippen molar-refractivity contribution >= 4 is 17.5 Å². The van der Waals surface area contributed by atoms with Gasteiger partial charge >= 0.3 is 0 Å². The quantitative estimate of drug-likeness (QED) is 0.850. The zero-order valence-electron chi connectivity index (χ0n) is 16.2. The second kappa shape index (κ2) is 8.80. The van der Waals surface area contributed by atoms with Crippen molar-refractivity contribution in [3.63, 3.8) is 0 Å². The number of anilines is 1. The molecule has 6 nitrogen and oxygen atoms in total. The van der Waals surface area contributed by atoms with E-state index in [0.717, 1.165) is 52.1 Å². The van der Waals surface area contributed by atoms with Gasteiger partial charge in [-0.05, 0) is 44.4 Å². The van der Waals surface area contributed by atoms with E-state index in [4.69, 9.17) is 0 Å². The second-order valence-corrected chi connectivity index (χ2v) is 7.53. The van der Waals surface area contributed by atoms with Gasteiger partial charge in [0.25, 0.3) is 0 Å². The maximum atomic E-state index is 13.6. The number of likely N-dealkylation sites (tertiary alicyclic amines) is 1. The summed E-state index contributed by atoms with van der Waals surface area (Å²) in [6.45, 7) is 8.83. The first-order valence-electron chi connectivity index (χ1n) is 9.75. The number of carbonyl (C=O) groups excluding carboxylic acids is 2. The van der Waals surface area contributed by atoms with Gasteiger partial charge in [0.05, 0.1) is 12.6 Å². The molecule has 0 bridgehead atoms. The Bertz CT molecular complexity index is 683. The van der Waals surface area contributed by atoms with E-state index in [1.807, 2.05) is 11.8 Å². The van der Waals surface area contributed by atoms with Crippen molar-refractivity contribution in [3.8, 4) is 0 Å². The van der Waals surface area contributed by atoms with Crippen LogP contribution in [0.4, 0.5) is 10.1 Å². The highest BCUT2D eigenvalue weighted by Gasteiger charge is 2.27. The molecule has 2 saturated heterocycles. The highest BCUT2D eigenvalue weighted by atomic mass is 19.1. The summed E-state index contributed by atoms with van der Waals surface area (Å²) in [6, 6.07) is 4.42. The van der Waals surface area contributed by atoms with E-state index < -0.39 is 0 Å². The molecule has 0 aromatic heterocycles. The molecule has 148 valence electrons. The summed E-state index contributed by atoms with van der Waals surface area (Å²) in [4.78, 5) is 31.0. The molecule has 1 atom stereocenters. The van der Waals surface area contributed by atoms with Gasteiger partial charge < -0.3 is 10.2 Å². The van der Waals surface area contributed by atoms with E-state index in [2.05, 4.69) is 15.1 Å². The number of rotatable bonds is 5. The van der Waals surface area contributed by atoms with Crippen molar-refractivity contribution in [2.75, 3.05) is 51.1 Å². The minimum absolute atomic E-state index is 0.139. The SMILES string of the molecule is Cc1ccc(NC(=O)[C@@H](C)N2CCN(CC(=O)N3CCCC3)CC2)cc1F. The molecule has 0 radical (unpaired) electrons. The standard InChI is InChI=1S/C20H29FN4O2/c1-15-5-6-17(13-18(15)21)22-20(27)16(2)24-11-9-23(10-12-24)14-19(26)25-7-3-4-8-25/h5-6,13,16H,3-4,7-12,14H2,1-2H3,(H,22,27)/t16-/m1/s1. The molecule has 1 aromatic carbocycles. The molecule has 2 amide bonds. The zero-order chi connectivity index (χ0) is 19.4. The molecular formula is C20H29FN4O2. The number of nitrogens with zero attached hydrogens (tertiary/aromatic N) is 3.